The second kappa shape index (κ2) is 11.6. The molecule has 0 aromatic carbocycles. The van der Waals surface area contributed by atoms with Gasteiger partial charge in [0.1, 0.15) is 0 Å². The van der Waals surface area contributed by atoms with Crippen LogP contribution in [0.5, 0.6) is 0 Å². The third-order valence-electron chi connectivity index (χ3n) is 5.70. The van der Waals surface area contributed by atoms with Crippen LogP contribution >= 0.6 is 11.3 Å². The van der Waals surface area contributed by atoms with Crippen LogP contribution in [0.4, 0.5) is 0 Å². The van der Waals surface area contributed by atoms with Crippen LogP contribution in [0.25, 0.3) is 0 Å². The molecule has 7 nitrogen and oxygen atoms in total. The topological polar surface area (TPSA) is 84.2 Å². The smallest absolute Gasteiger partial charge is 0.0561 e. The molecule has 0 spiro atoms. The molecule has 0 atom stereocenters. The van der Waals surface area contributed by atoms with Gasteiger partial charge in [-0.15, -0.1) is 11.3 Å². The maximum atomic E-state index is 3.87. The van der Waals surface area contributed by atoms with Crippen LogP contribution in [0.2, 0.25) is 0 Å². The van der Waals surface area contributed by atoms with Crippen LogP contribution in [-0.2, 0) is 6.54 Å². The maximum Gasteiger partial charge on any atom is 0.0561 e. The maximum absolute atomic E-state index is 3.87. The SMILES string of the molecule is CC12CNCCNCC(NCc3cccs3)(CNCCNC1)CNCCNC2. The zero-order valence-electron chi connectivity index (χ0n) is 17.3. The Morgan fingerprint density at radius 1 is 0.786 bits per heavy atom. The normalized spacial score (nSPS) is 31.9. The predicted molar refractivity (Wildman–Crippen MR) is 119 cm³/mol. The molecule has 0 saturated carbocycles. The van der Waals surface area contributed by atoms with Gasteiger partial charge in [0, 0.05) is 95.4 Å². The molecule has 4 rings (SSSR count). The van der Waals surface area contributed by atoms with E-state index in [0.717, 1.165) is 85.1 Å². The van der Waals surface area contributed by atoms with Gasteiger partial charge >= 0.3 is 0 Å². The number of hydrogen-bond donors (Lipinski definition) is 7. The van der Waals surface area contributed by atoms with Gasteiger partial charge in [-0.2, -0.15) is 0 Å². The summed E-state index contributed by atoms with van der Waals surface area (Å²) in [6.45, 7) is 15.1. The van der Waals surface area contributed by atoms with Gasteiger partial charge in [-0.05, 0) is 11.4 Å². The van der Waals surface area contributed by atoms with Gasteiger partial charge in [-0.25, -0.2) is 0 Å². The van der Waals surface area contributed by atoms with Crippen molar-refractivity contribution in [3.05, 3.63) is 22.4 Å². The lowest BCUT2D eigenvalue weighted by Gasteiger charge is -2.37. The molecular formula is C20H39N7S. The summed E-state index contributed by atoms with van der Waals surface area (Å²) in [5, 5.41) is 28.1. The van der Waals surface area contributed by atoms with Crippen LogP contribution in [0, 0.1) is 5.41 Å². The monoisotopic (exact) mass is 409 g/mol. The lowest BCUT2D eigenvalue weighted by molar-refractivity contribution is 0.250. The summed E-state index contributed by atoms with van der Waals surface area (Å²) in [7, 11) is 0. The Bertz CT molecular complexity index is 493. The van der Waals surface area contributed by atoms with Crippen molar-refractivity contribution in [1.82, 2.24) is 37.2 Å². The number of nitrogens with one attached hydrogen (secondary N) is 7. The molecule has 0 aliphatic carbocycles. The minimum atomic E-state index is -0.0211. The molecule has 3 aliphatic heterocycles. The first-order chi connectivity index (χ1) is 13.7. The van der Waals surface area contributed by atoms with Gasteiger partial charge in [0.05, 0.1) is 5.54 Å². The molecule has 1 aromatic rings. The standard InChI is InChI=1S/C20H39N7S/c1-19-12-21-4-7-24-15-20(16-25-8-5-22-13-19,17-26-9-6-23-14-19)27-11-18-3-2-10-28-18/h2-3,10,21-27H,4-9,11-17H2,1H3. The van der Waals surface area contributed by atoms with Gasteiger partial charge < -0.3 is 37.2 Å². The first-order valence-corrected chi connectivity index (χ1v) is 11.6. The molecule has 1 aromatic heterocycles. The van der Waals surface area contributed by atoms with Crippen molar-refractivity contribution in [1.29, 1.82) is 0 Å². The van der Waals surface area contributed by atoms with Crippen molar-refractivity contribution in [2.75, 3.05) is 78.5 Å². The fourth-order valence-corrected chi connectivity index (χ4v) is 4.58. The van der Waals surface area contributed by atoms with Crippen LogP contribution in [0.1, 0.15) is 11.8 Å². The molecule has 2 bridgehead atoms. The number of rotatable bonds is 3. The fourth-order valence-electron chi connectivity index (χ4n) is 3.93. The van der Waals surface area contributed by atoms with Crippen molar-refractivity contribution in [3.63, 3.8) is 0 Å². The summed E-state index contributed by atoms with van der Waals surface area (Å²) >= 11 is 1.82. The number of fused-ring (bicyclic) bond motifs is 15. The average Bonchev–Trinajstić information content (AvgIpc) is 3.21. The third kappa shape index (κ3) is 7.35. The van der Waals surface area contributed by atoms with Crippen LogP contribution < -0.4 is 37.2 Å². The van der Waals surface area contributed by atoms with Crippen molar-refractivity contribution in [3.8, 4) is 0 Å². The van der Waals surface area contributed by atoms with Crippen LogP contribution in [-0.4, -0.2) is 84.1 Å². The fraction of sp³-hybridized carbons (Fsp3) is 0.800. The molecule has 3 aliphatic rings. The minimum absolute atomic E-state index is 0.0211. The molecule has 160 valence electrons. The van der Waals surface area contributed by atoms with E-state index in [-0.39, 0.29) is 11.0 Å². The summed E-state index contributed by atoms with van der Waals surface area (Å²) in [4.78, 5) is 1.39. The zero-order valence-corrected chi connectivity index (χ0v) is 18.1. The van der Waals surface area contributed by atoms with Gasteiger partial charge in [0.2, 0.25) is 0 Å². The Hall–Kier alpha value is -0.580. The highest BCUT2D eigenvalue weighted by Gasteiger charge is 2.30. The first kappa shape index (κ1) is 22.1. The van der Waals surface area contributed by atoms with Crippen molar-refractivity contribution >= 4 is 11.3 Å². The van der Waals surface area contributed by atoms with E-state index in [4.69, 9.17) is 0 Å². The molecule has 0 amide bonds. The van der Waals surface area contributed by atoms with Gasteiger partial charge in [-0.3, -0.25) is 0 Å². The third-order valence-corrected chi connectivity index (χ3v) is 6.58. The lowest BCUT2D eigenvalue weighted by Crippen LogP contribution is -2.64. The molecule has 7 N–H and O–H groups in total. The van der Waals surface area contributed by atoms with Crippen LogP contribution in [0.3, 0.4) is 0 Å². The van der Waals surface area contributed by atoms with E-state index in [9.17, 15) is 0 Å². The van der Waals surface area contributed by atoms with E-state index in [0.29, 0.717) is 0 Å². The van der Waals surface area contributed by atoms with Crippen molar-refractivity contribution in [2.24, 2.45) is 5.41 Å². The van der Waals surface area contributed by atoms with Gasteiger partial charge in [0.25, 0.3) is 0 Å². The molecule has 3 fully saturated rings. The molecule has 4 heterocycles. The van der Waals surface area contributed by atoms with E-state index in [1.54, 1.807) is 0 Å². The van der Waals surface area contributed by atoms with E-state index in [2.05, 4.69) is 61.7 Å². The summed E-state index contributed by atoms with van der Waals surface area (Å²) in [6, 6.07) is 4.34. The van der Waals surface area contributed by atoms with Crippen LogP contribution in [0.15, 0.2) is 17.5 Å². The predicted octanol–water partition coefficient (Wildman–Crippen LogP) is -0.852. The minimum Gasteiger partial charge on any atom is -0.315 e. The number of thiophene rings is 1. The molecule has 0 radical (unpaired) electrons. The second-order valence-corrected chi connectivity index (χ2v) is 9.62. The Morgan fingerprint density at radius 3 is 1.68 bits per heavy atom. The average molecular weight is 410 g/mol. The summed E-state index contributed by atoms with van der Waals surface area (Å²) in [5.74, 6) is 0. The Balaban J connectivity index is 1.69. The highest BCUT2D eigenvalue weighted by molar-refractivity contribution is 7.09. The van der Waals surface area contributed by atoms with Gasteiger partial charge in [-0.1, -0.05) is 13.0 Å². The Morgan fingerprint density at radius 2 is 1.25 bits per heavy atom. The summed E-state index contributed by atoms with van der Waals surface area (Å²) in [6.07, 6.45) is 0. The molecule has 0 unspecified atom stereocenters. The molecule has 28 heavy (non-hydrogen) atoms. The van der Waals surface area contributed by atoms with E-state index < -0.39 is 0 Å². The highest BCUT2D eigenvalue weighted by atomic mass is 32.1. The lowest BCUT2D eigenvalue weighted by atomic mass is 9.90. The van der Waals surface area contributed by atoms with E-state index in [1.165, 1.54) is 4.88 Å². The van der Waals surface area contributed by atoms with Crippen molar-refractivity contribution in [2.45, 2.75) is 19.0 Å². The van der Waals surface area contributed by atoms with Gasteiger partial charge in [0.15, 0.2) is 0 Å². The zero-order chi connectivity index (χ0) is 19.5. The van der Waals surface area contributed by atoms with E-state index >= 15 is 0 Å². The largest absolute Gasteiger partial charge is 0.315 e. The Labute approximate surface area is 174 Å². The second-order valence-electron chi connectivity index (χ2n) is 8.58. The molecule has 8 heteroatoms. The highest BCUT2D eigenvalue weighted by Crippen LogP contribution is 2.13. The van der Waals surface area contributed by atoms with E-state index in [1.807, 2.05) is 11.3 Å². The first-order valence-electron chi connectivity index (χ1n) is 10.7. The molecular weight excluding hydrogens is 370 g/mol. The summed E-state index contributed by atoms with van der Waals surface area (Å²) < 4.78 is 0. The quantitative estimate of drug-likeness (QED) is 0.350. The number of hydrogen-bond acceptors (Lipinski definition) is 8. The Kier molecular flexibility index (Phi) is 9.13. The van der Waals surface area contributed by atoms with Crippen molar-refractivity contribution < 1.29 is 0 Å². The summed E-state index contributed by atoms with van der Waals surface area (Å²) in [5.41, 5.74) is 0.201. The molecule has 3 saturated heterocycles.